The van der Waals surface area contributed by atoms with Crippen molar-refractivity contribution in [2.45, 2.75) is 32.1 Å². The van der Waals surface area contributed by atoms with Gasteiger partial charge in [-0.1, -0.05) is 32.9 Å². The summed E-state index contributed by atoms with van der Waals surface area (Å²) in [5.41, 5.74) is -0.570. The van der Waals surface area contributed by atoms with E-state index < -0.39 is 20.6 Å². The molecule has 1 heterocycles. The molecular weight excluding hydrogens is 346 g/mol. The zero-order valence-electron chi connectivity index (χ0n) is 14.6. The van der Waals surface area contributed by atoms with Crippen LogP contribution in [0, 0.1) is 15.5 Å². The molecule has 0 radical (unpaired) electrons. The lowest BCUT2D eigenvalue weighted by Crippen LogP contribution is -2.51. The topological polar surface area (TPSA) is 101 Å². The number of para-hydroxylation sites is 1. The first kappa shape index (κ1) is 19.3. The molecule has 1 aliphatic heterocycles. The Morgan fingerprint density at radius 2 is 1.72 bits per heavy atom. The van der Waals surface area contributed by atoms with Crippen molar-refractivity contribution in [3.8, 4) is 0 Å². The third kappa shape index (κ3) is 4.55. The lowest BCUT2D eigenvalue weighted by molar-refractivity contribution is -0.387. The maximum absolute atomic E-state index is 12.7. The quantitative estimate of drug-likeness (QED) is 0.596. The second-order valence-corrected chi connectivity index (χ2v) is 9.15. The summed E-state index contributed by atoms with van der Waals surface area (Å²) in [5, 5.41) is 11.1. The van der Waals surface area contributed by atoms with Gasteiger partial charge in [0.15, 0.2) is 4.90 Å². The van der Waals surface area contributed by atoms with Crippen molar-refractivity contribution in [2.75, 3.05) is 26.2 Å². The fraction of sp³-hybridized carbons (Fsp3) is 0.562. The van der Waals surface area contributed by atoms with Crippen molar-refractivity contribution < 1.29 is 18.1 Å². The summed E-state index contributed by atoms with van der Waals surface area (Å²) in [7, 11) is -3.97. The average Bonchev–Trinajstić information content (AvgIpc) is 2.53. The van der Waals surface area contributed by atoms with Crippen LogP contribution in [0.25, 0.3) is 0 Å². The molecule has 0 aliphatic carbocycles. The van der Waals surface area contributed by atoms with Crippen LogP contribution in [0.2, 0.25) is 0 Å². The Bertz CT molecular complexity index is 762. The zero-order chi connectivity index (χ0) is 18.8. The number of carbonyl (C=O) groups excluding carboxylic acids is 1. The fourth-order valence-electron chi connectivity index (χ4n) is 2.71. The summed E-state index contributed by atoms with van der Waals surface area (Å²) in [6.07, 6.45) is 0.393. The van der Waals surface area contributed by atoms with Crippen molar-refractivity contribution in [3.63, 3.8) is 0 Å². The van der Waals surface area contributed by atoms with Gasteiger partial charge in [-0.3, -0.25) is 14.9 Å². The Morgan fingerprint density at radius 3 is 2.24 bits per heavy atom. The minimum Gasteiger partial charge on any atom is -0.340 e. The van der Waals surface area contributed by atoms with E-state index in [2.05, 4.69) is 0 Å². The number of amides is 1. The van der Waals surface area contributed by atoms with Crippen molar-refractivity contribution in [1.29, 1.82) is 0 Å². The monoisotopic (exact) mass is 369 g/mol. The van der Waals surface area contributed by atoms with Gasteiger partial charge in [0, 0.05) is 38.7 Å². The lowest BCUT2D eigenvalue weighted by atomic mass is 9.91. The summed E-state index contributed by atoms with van der Waals surface area (Å²) in [4.78, 5) is 24.0. The van der Waals surface area contributed by atoms with E-state index in [4.69, 9.17) is 0 Å². The molecule has 0 bridgehead atoms. The molecule has 0 spiro atoms. The van der Waals surface area contributed by atoms with E-state index in [0.29, 0.717) is 6.42 Å². The highest BCUT2D eigenvalue weighted by Gasteiger charge is 2.34. The van der Waals surface area contributed by atoms with Crippen LogP contribution in [0.1, 0.15) is 27.2 Å². The first-order valence-electron chi connectivity index (χ1n) is 8.04. The van der Waals surface area contributed by atoms with Gasteiger partial charge in [-0.2, -0.15) is 4.31 Å². The molecule has 25 heavy (non-hydrogen) atoms. The molecule has 1 aromatic rings. The molecule has 2 rings (SSSR count). The minimum absolute atomic E-state index is 0.00441. The van der Waals surface area contributed by atoms with Gasteiger partial charge in [0.2, 0.25) is 15.9 Å². The molecule has 8 nitrogen and oxygen atoms in total. The normalized spacial score (nSPS) is 16.7. The van der Waals surface area contributed by atoms with E-state index in [1.807, 2.05) is 20.8 Å². The zero-order valence-corrected chi connectivity index (χ0v) is 15.5. The van der Waals surface area contributed by atoms with Gasteiger partial charge in [0.1, 0.15) is 0 Å². The van der Waals surface area contributed by atoms with Crippen LogP contribution in [-0.4, -0.2) is 54.6 Å². The van der Waals surface area contributed by atoms with Crippen LogP contribution in [0.3, 0.4) is 0 Å². The second kappa shape index (κ2) is 7.09. The summed E-state index contributed by atoms with van der Waals surface area (Å²) in [6, 6.07) is 5.31. The molecular formula is C16H23N3O5S. The highest BCUT2D eigenvalue weighted by atomic mass is 32.2. The maximum Gasteiger partial charge on any atom is 0.289 e. The summed E-state index contributed by atoms with van der Waals surface area (Å²) in [5.74, 6) is -0.00441. The van der Waals surface area contributed by atoms with Gasteiger partial charge in [-0.25, -0.2) is 8.42 Å². The van der Waals surface area contributed by atoms with Crippen LogP contribution >= 0.6 is 0 Å². The number of nitro benzene ring substituents is 1. The SMILES string of the molecule is CC(C)(C)CC(=O)N1CCN(S(=O)(=O)c2ccccc2[N+](=O)[O-])CC1. The molecule has 0 saturated carbocycles. The number of hydrogen-bond acceptors (Lipinski definition) is 5. The number of hydrogen-bond donors (Lipinski definition) is 0. The average molecular weight is 369 g/mol. The molecule has 0 N–H and O–H groups in total. The molecule has 1 aromatic carbocycles. The largest absolute Gasteiger partial charge is 0.340 e. The minimum atomic E-state index is -3.97. The Morgan fingerprint density at radius 1 is 1.16 bits per heavy atom. The number of nitrogens with zero attached hydrogens (tertiary/aromatic N) is 3. The number of carbonyl (C=O) groups is 1. The van der Waals surface area contributed by atoms with Gasteiger partial charge in [0.25, 0.3) is 5.69 Å². The Labute approximate surface area is 147 Å². The number of nitro groups is 1. The molecule has 9 heteroatoms. The number of benzene rings is 1. The summed E-state index contributed by atoms with van der Waals surface area (Å²) < 4.78 is 26.7. The summed E-state index contributed by atoms with van der Waals surface area (Å²) in [6.45, 7) is 6.75. The third-order valence-electron chi connectivity index (χ3n) is 3.95. The van der Waals surface area contributed by atoms with Crippen LogP contribution in [0.15, 0.2) is 29.2 Å². The maximum atomic E-state index is 12.7. The van der Waals surface area contributed by atoms with Crippen molar-refractivity contribution >= 4 is 21.6 Å². The first-order chi connectivity index (χ1) is 11.5. The van der Waals surface area contributed by atoms with E-state index in [9.17, 15) is 23.3 Å². The molecule has 1 fully saturated rings. The van der Waals surface area contributed by atoms with E-state index in [1.165, 1.54) is 28.6 Å². The van der Waals surface area contributed by atoms with E-state index in [0.717, 1.165) is 0 Å². The van der Waals surface area contributed by atoms with Gasteiger partial charge < -0.3 is 4.90 Å². The first-order valence-corrected chi connectivity index (χ1v) is 9.48. The van der Waals surface area contributed by atoms with Gasteiger partial charge in [0.05, 0.1) is 4.92 Å². The Hall–Kier alpha value is -2.00. The third-order valence-corrected chi connectivity index (χ3v) is 5.90. The molecule has 1 aliphatic rings. The van der Waals surface area contributed by atoms with Crippen LogP contribution in [0.4, 0.5) is 5.69 Å². The fourth-order valence-corrected chi connectivity index (χ4v) is 4.29. The number of piperazine rings is 1. The highest BCUT2D eigenvalue weighted by molar-refractivity contribution is 7.89. The predicted molar refractivity (Wildman–Crippen MR) is 92.5 cm³/mol. The van der Waals surface area contributed by atoms with E-state index >= 15 is 0 Å². The Balaban J connectivity index is 2.12. The summed E-state index contributed by atoms with van der Waals surface area (Å²) >= 11 is 0. The number of rotatable bonds is 4. The van der Waals surface area contributed by atoms with E-state index in [1.54, 1.807) is 4.90 Å². The van der Waals surface area contributed by atoms with Gasteiger partial charge in [-0.15, -0.1) is 0 Å². The molecule has 0 unspecified atom stereocenters. The highest BCUT2D eigenvalue weighted by Crippen LogP contribution is 2.27. The van der Waals surface area contributed by atoms with Crippen molar-refractivity contribution in [1.82, 2.24) is 9.21 Å². The smallest absolute Gasteiger partial charge is 0.289 e. The number of sulfonamides is 1. The lowest BCUT2D eigenvalue weighted by Gasteiger charge is -2.35. The van der Waals surface area contributed by atoms with Crippen molar-refractivity contribution in [3.05, 3.63) is 34.4 Å². The standard InChI is InChI=1S/C16H23N3O5S/c1-16(2,3)12-15(20)17-8-10-18(11-9-17)25(23,24)14-7-5-4-6-13(14)19(21)22/h4-7H,8-12H2,1-3H3. The van der Waals surface area contributed by atoms with E-state index in [-0.39, 0.29) is 42.4 Å². The van der Waals surface area contributed by atoms with Crippen LogP contribution in [0.5, 0.6) is 0 Å². The van der Waals surface area contributed by atoms with Gasteiger partial charge >= 0.3 is 0 Å². The van der Waals surface area contributed by atoms with Crippen LogP contribution in [-0.2, 0) is 14.8 Å². The van der Waals surface area contributed by atoms with Gasteiger partial charge in [-0.05, 0) is 11.5 Å². The molecule has 1 saturated heterocycles. The van der Waals surface area contributed by atoms with Crippen molar-refractivity contribution in [2.24, 2.45) is 5.41 Å². The Kier molecular flexibility index (Phi) is 5.48. The second-order valence-electron chi connectivity index (χ2n) is 7.25. The predicted octanol–water partition coefficient (Wildman–Crippen LogP) is 1.86. The molecule has 0 aromatic heterocycles. The molecule has 1 amide bonds. The molecule has 0 atom stereocenters. The molecule has 138 valence electrons. The van der Waals surface area contributed by atoms with Crippen LogP contribution < -0.4 is 0 Å².